The van der Waals surface area contributed by atoms with Crippen molar-refractivity contribution in [3.63, 3.8) is 0 Å². The number of amides is 1. The van der Waals surface area contributed by atoms with Crippen LogP contribution in [0.3, 0.4) is 0 Å². The van der Waals surface area contributed by atoms with Crippen molar-refractivity contribution in [1.29, 1.82) is 0 Å². The Bertz CT molecular complexity index is 1070. The monoisotopic (exact) mass is 382 g/mol. The number of ether oxygens (including phenoxy) is 3. The molecule has 0 radical (unpaired) electrons. The van der Waals surface area contributed by atoms with Gasteiger partial charge in [0.25, 0.3) is 5.91 Å². The van der Waals surface area contributed by atoms with Gasteiger partial charge in [-0.3, -0.25) is 4.79 Å². The second-order valence-electron chi connectivity index (χ2n) is 5.83. The summed E-state index contributed by atoms with van der Waals surface area (Å²) in [5.41, 5.74) is 3.50. The van der Waals surface area contributed by atoms with Crippen molar-refractivity contribution in [1.82, 2.24) is 5.43 Å². The molecule has 1 heterocycles. The van der Waals surface area contributed by atoms with Crippen molar-refractivity contribution in [3.8, 4) is 17.2 Å². The highest BCUT2D eigenvalue weighted by Crippen LogP contribution is 2.36. The van der Waals surface area contributed by atoms with Gasteiger partial charge in [0, 0.05) is 11.6 Å². The Morgan fingerprint density at radius 1 is 1.15 bits per heavy atom. The first-order valence-corrected chi connectivity index (χ1v) is 8.53. The third-order valence-corrected chi connectivity index (χ3v) is 4.50. The molecule has 4 rings (SSSR count). The average Bonchev–Trinajstić information content (AvgIpc) is 3.14. The van der Waals surface area contributed by atoms with Crippen LogP contribution in [0.5, 0.6) is 17.2 Å². The summed E-state index contributed by atoms with van der Waals surface area (Å²) >= 11 is 6.19. The number of methoxy groups -OCH3 is 1. The number of carbonyl (C=O) groups is 1. The van der Waals surface area contributed by atoms with Gasteiger partial charge in [0.15, 0.2) is 11.5 Å². The molecule has 1 aliphatic heterocycles. The Kier molecular flexibility index (Phi) is 4.56. The molecule has 3 aromatic rings. The highest BCUT2D eigenvalue weighted by atomic mass is 35.5. The number of hydrazone groups is 1. The summed E-state index contributed by atoms with van der Waals surface area (Å²) < 4.78 is 15.9. The van der Waals surface area contributed by atoms with Gasteiger partial charge in [0.1, 0.15) is 5.75 Å². The van der Waals surface area contributed by atoms with Gasteiger partial charge >= 0.3 is 0 Å². The lowest BCUT2D eigenvalue weighted by molar-refractivity contribution is 0.0952. The molecule has 27 heavy (non-hydrogen) atoms. The predicted molar refractivity (Wildman–Crippen MR) is 103 cm³/mol. The lowest BCUT2D eigenvalue weighted by atomic mass is 10.1. The van der Waals surface area contributed by atoms with Gasteiger partial charge in [-0.1, -0.05) is 35.9 Å². The van der Waals surface area contributed by atoms with Gasteiger partial charge < -0.3 is 14.2 Å². The fourth-order valence-electron chi connectivity index (χ4n) is 2.82. The molecule has 0 aromatic heterocycles. The van der Waals surface area contributed by atoms with Crippen molar-refractivity contribution >= 4 is 34.5 Å². The number of rotatable bonds is 4. The molecule has 6 nitrogen and oxygen atoms in total. The van der Waals surface area contributed by atoms with Crippen molar-refractivity contribution in [3.05, 3.63) is 64.7 Å². The quantitative estimate of drug-likeness (QED) is 0.547. The van der Waals surface area contributed by atoms with Crippen LogP contribution in [0.4, 0.5) is 0 Å². The fraction of sp³-hybridized carbons (Fsp3) is 0.100. The van der Waals surface area contributed by atoms with E-state index in [0.717, 1.165) is 10.8 Å². The number of nitrogens with zero attached hydrogens (tertiary/aromatic N) is 1. The zero-order valence-electron chi connectivity index (χ0n) is 14.4. The standard InChI is InChI=1S/C20H15ClN2O4/c1-25-17-7-13-5-3-2-4-12(13)6-15(17)20(24)23-22-10-14-8-18-19(9-16(14)21)27-11-26-18/h2-10H,11H2,1H3,(H,23,24)/b22-10-. The van der Waals surface area contributed by atoms with Crippen LogP contribution in [-0.2, 0) is 0 Å². The van der Waals surface area contributed by atoms with Crippen LogP contribution in [0.1, 0.15) is 15.9 Å². The molecule has 0 saturated heterocycles. The van der Waals surface area contributed by atoms with Crippen LogP contribution in [-0.4, -0.2) is 26.0 Å². The Morgan fingerprint density at radius 3 is 2.59 bits per heavy atom. The van der Waals surface area contributed by atoms with E-state index in [2.05, 4.69) is 10.5 Å². The minimum absolute atomic E-state index is 0.157. The van der Waals surface area contributed by atoms with E-state index in [1.165, 1.54) is 13.3 Å². The van der Waals surface area contributed by atoms with Crippen molar-refractivity contribution in [2.24, 2.45) is 5.10 Å². The Hall–Kier alpha value is -3.25. The molecule has 1 amide bonds. The average molecular weight is 383 g/mol. The number of carbonyl (C=O) groups excluding carboxylic acids is 1. The van der Waals surface area contributed by atoms with E-state index >= 15 is 0 Å². The highest BCUT2D eigenvalue weighted by molar-refractivity contribution is 6.33. The van der Waals surface area contributed by atoms with E-state index in [1.807, 2.05) is 30.3 Å². The first-order valence-electron chi connectivity index (χ1n) is 8.15. The summed E-state index contributed by atoms with van der Waals surface area (Å²) in [7, 11) is 1.52. The molecule has 0 spiro atoms. The van der Waals surface area contributed by atoms with Crippen LogP contribution in [0.15, 0.2) is 53.6 Å². The molecule has 0 unspecified atom stereocenters. The van der Waals surface area contributed by atoms with Gasteiger partial charge in [0.05, 0.1) is 23.9 Å². The third-order valence-electron chi connectivity index (χ3n) is 4.17. The summed E-state index contributed by atoms with van der Waals surface area (Å²) in [6.45, 7) is 0.157. The molecule has 136 valence electrons. The number of nitrogens with one attached hydrogen (secondary N) is 1. The van der Waals surface area contributed by atoms with E-state index in [9.17, 15) is 4.79 Å². The van der Waals surface area contributed by atoms with Crippen LogP contribution in [0.2, 0.25) is 5.02 Å². The predicted octanol–water partition coefficient (Wildman–Crippen LogP) is 3.99. The summed E-state index contributed by atoms with van der Waals surface area (Å²) in [5, 5.41) is 6.37. The van der Waals surface area contributed by atoms with E-state index in [1.54, 1.807) is 18.2 Å². The molecule has 0 bridgehead atoms. The second kappa shape index (κ2) is 7.17. The van der Waals surface area contributed by atoms with Gasteiger partial charge in [-0.05, 0) is 29.0 Å². The highest BCUT2D eigenvalue weighted by Gasteiger charge is 2.16. The van der Waals surface area contributed by atoms with Crippen LogP contribution < -0.4 is 19.6 Å². The second-order valence-corrected chi connectivity index (χ2v) is 6.23. The minimum atomic E-state index is -0.384. The van der Waals surface area contributed by atoms with Gasteiger partial charge in [-0.25, -0.2) is 5.43 Å². The zero-order chi connectivity index (χ0) is 18.8. The lowest BCUT2D eigenvalue weighted by Gasteiger charge is -2.09. The molecular formula is C20H15ClN2O4. The smallest absolute Gasteiger partial charge is 0.275 e. The van der Waals surface area contributed by atoms with E-state index in [4.69, 9.17) is 25.8 Å². The molecule has 7 heteroatoms. The van der Waals surface area contributed by atoms with E-state index in [-0.39, 0.29) is 12.7 Å². The molecule has 0 saturated carbocycles. The van der Waals surface area contributed by atoms with Crippen LogP contribution in [0.25, 0.3) is 10.8 Å². The first-order chi connectivity index (χ1) is 13.2. The Labute approximate surface area is 160 Å². The number of hydrogen-bond acceptors (Lipinski definition) is 5. The number of hydrogen-bond donors (Lipinski definition) is 1. The summed E-state index contributed by atoms with van der Waals surface area (Å²) in [4.78, 5) is 12.5. The molecular weight excluding hydrogens is 368 g/mol. The summed E-state index contributed by atoms with van der Waals surface area (Å²) in [6.07, 6.45) is 1.45. The topological polar surface area (TPSA) is 69.2 Å². The van der Waals surface area contributed by atoms with E-state index < -0.39 is 0 Å². The summed E-state index contributed by atoms with van der Waals surface area (Å²) in [6, 6.07) is 14.7. The Morgan fingerprint density at radius 2 is 1.85 bits per heavy atom. The van der Waals surface area contributed by atoms with Crippen molar-refractivity contribution in [2.45, 2.75) is 0 Å². The van der Waals surface area contributed by atoms with Gasteiger partial charge in [-0.2, -0.15) is 5.10 Å². The normalized spacial score (nSPS) is 12.5. The number of benzene rings is 3. The maximum Gasteiger partial charge on any atom is 0.275 e. The van der Waals surface area contributed by atoms with Gasteiger partial charge in [-0.15, -0.1) is 0 Å². The first kappa shape index (κ1) is 17.2. The zero-order valence-corrected chi connectivity index (χ0v) is 15.1. The minimum Gasteiger partial charge on any atom is -0.496 e. The molecule has 1 N–H and O–H groups in total. The van der Waals surface area contributed by atoms with E-state index in [0.29, 0.717) is 33.4 Å². The Balaban J connectivity index is 1.56. The number of halogens is 1. The maximum absolute atomic E-state index is 12.5. The van der Waals surface area contributed by atoms with Gasteiger partial charge in [0.2, 0.25) is 6.79 Å². The number of fused-ring (bicyclic) bond motifs is 2. The molecule has 1 aliphatic rings. The molecule has 0 aliphatic carbocycles. The van der Waals surface area contributed by atoms with Crippen LogP contribution >= 0.6 is 11.6 Å². The molecule has 0 atom stereocenters. The fourth-order valence-corrected chi connectivity index (χ4v) is 3.02. The summed E-state index contributed by atoms with van der Waals surface area (Å²) in [5.74, 6) is 1.26. The van der Waals surface area contributed by atoms with Crippen molar-refractivity contribution < 1.29 is 19.0 Å². The van der Waals surface area contributed by atoms with Crippen molar-refractivity contribution in [2.75, 3.05) is 13.9 Å². The third kappa shape index (κ3) is 3.39. The largest absolute Gasteiger partial charge is 0.496 e. The molecule has 3 aromatic carbocycles. The lowest BCUT2D eigenvalue weighted by Crippen LogP contribution is -2.18. The van der Waals surface area contributed by atoms with Crippen LogP contribution in [0, 0.1) is 0 Å². The SMILES string of the molecule is COc1cc2ccccc2cc1C(=O)N/N=C\c1cc2c(cc1Cl)OCO2. The maximum atomic E-state index is 12.5. The molecule has 0 fully saturated rings.